The molecule has 1 aromatic carbocycles. The number of rotatable bonds is 2. The smallest absolute Gasteiger partial charge is 0.256 e. The largest absolute Gasteiger partial charge is 0.336 e. The number of aromatic nitrogens is 2. The van der Waals surface area contributed by atoms with Crippen LogP contribution in [0.1, 0.15) is 22.2 Å². The highest BCUT2D eigenvalue weighted by Crippen LogP contribution is 2.29. The van der Waals surface area contributed by atoms with E-state index >= 15 is 0 Å². The van der Waals surface area contributed by atoms with Gasteiger partial charge in [-0.2, -0.15) is 0 Å². The minimum atomic E-state index is -0.0325. The van der Waals surface area contributed by atoms with Crippen molar-refractivity contribution >= 4 is 27.3 Å². The maximum atomic E-state index is 13.2. The summed E-state index contributed by atoms with van der Waals surface area (Å²) in [7, 11) is 1.97. The van der Waals surface area contributed by atoms with Gasteiger partial charge in [-0.3, -0.25) is 4.79 Å². The molecule has 2 aromatic heterocycles. The van der Waals surface area contributed by atoms with E-state index in [0.29, 0.717) is 6.54 Å². The van der Waals surface area contributed by atoms with Crippen molar-refractivity contribution in [3.63, 3.8) is 0 Å². The van der Waals surface area contributed by atoms with Gasteiger partial charge in [0.2, 0.25) is 0 Å². The Hall–Kier alpha value is -2.18. The van der Waals surface area contributed by atoms with Gasteiger partial charge in [0.05, 0.1) is 5.56 Å². The molecule has 1 unspecified atom stereocenters. The lowest BCUT2D eigenvalue weighted by atomic mass is 10.1. The summed E-state index contributed by atoms with van der Waals surface area (Å²) >= 11 is 1.62. The molecule has 1 fully saturated rings. The van der Waals surface area contributed by atoms with E-state index in [2.05, 4.69) is 16.4 Å². The van der Waals surface area contributed by atoms with Crippen LogP contribution >= 0.6 is 11.3 Å². The zero-order valence-electron chi connectivity index (χ0n) is 12.9. The maximum Gasteiger partial charge on any atom is 0.256 e. The Morgan fingerprint density at radius 2 is 2.26 bits per heavy atom. The molecule has 4 rings (SSSR count). The number of nitrogens with zero attached hydrogens (tertiary/aromatic N) is 3. The fourth-order valence-electron chi connectivity index (χ4n) is 3.17. The SMILES string of the molecule is Cn1ccnc1C1CNCCN1C(=O)c1csc2ccccc12. The molecule has 0 saturated carbocycles. The molecule has 1 aliphatic heterocycles. The van der Waals surface area contributed by atoms with E-state index < -0.39 is 0 Å². The van der Waals surface area contributed by atoms with Gasteiger partial charge >= 0.3 is 0 Å². The van der Waals surface area contributed by atoms with E-state index in [1.165, 1.54) is 0 Å². The first-order valence-electron chi connectivity index (χ1n) is 7.71. The molecule has 0 radical (unpaired) electrons. The minimum Gasteiger partial charge on any atom is -0.336 e. The average Bonchev–Trinajstić information content (AvgIpc) is 3.20. The van der Waals surface area contributed by atoms with Crippen LogP contribution < -0.4 is 5.32 Å². The van der Waals surface area contributed by atoms with Crippen molar-refractivity contribution in [2.45, 2.75) is 6.04 Å². The highest BCUT2D eigenvalue weighted by atomic mass is 32.1. The van der Waals surface area contributed by atoms with Gasteiger partial charge in [0.15, 0.2) is 0 Å². The maximum absolute atomic E-state index is 13.2. The molecular weight excluding hydrogens is 308 g/mol. The second kappa shape index (κ2) is 5.79. The second-order valence-electron chi connectivity index (χ2n) is 5.76. The van der Waals surface area contributed by atoms with Crippen LogP contribution in [0, 0.1) is 0 Å². The summed E-state index contributed by atoms with van der Waals surface area (Å²) in [6.45, 7) is 2.24. The number of carbonyl (C=O) groups is 1. The number of carbonyl (C=O) groups excluding carboxylic acids is 1. The van der Waals surface area contributed by atoms with Gasteiger partial charge < -0.3 is 14.8 Å². The monoisotopic (exact) mass is 326 g/mol. The molecule has 23 heavy (non-hydrogen) atoms. The van der Waals surface area contributed by atoms with Gasteiger partial charge in [0.1, 0.15) is 11.9 Å². The average molecular weight is 326 g/mol. The number of nitrogens with one attached hydrogen (secondary N) is 1. The lowest BCUT2D eigenvalue weighted by Crippen LogP contribution is -2.49. The summed E-state index contributed by atoms with van der Waals surface area (Å²) < 4.78 is 3.14. The van der Waals surface area contributed by atoms with E-state index in [9.17, 15) is 4.79 Å². The molecule has 118 valence electrons. The van der Waals surface area contributed by atoms with Crippen LogP contribution in [0.3, 0.4) is 0 Å². The lowest BCUT2D eigenvalue weighted by Gasteiger charge is -2.35. The highest BCUT2D eigenvalue weighted by Gasteiger charge is 2.31. The third kappa shape index (κ3) is 2.44. The topological polar surface area (TPSA) is 50.2 Å². The first kappa shape index (κ1) is 14.4. The predicted molar refractivity (Wildman–Crippen MR) is 91.7 cm³/mol. The fourth-order valence-corrected chi connectivity index (χ4v) is 4.11. The lowest BCUT2D eigenvalue weighted by molar-refractivity contribution is 0.0623. The van der Waals surface area contributed by atoms with Crippen molar-refractivity contribution in [2.24, 2.45) is 7.05 Å². The first-order valence-corrected chi connectivity index (χ1v) is 8.59. The van der Waals surface area contributed by atoms with Crippen molar-refractivity contribution in [1.82, 2.24) is 19.8 Å². The Morgan fingerprint density at radius 1 is 1.39 bits per heavy atom. The second-order valence-corrected chi connectivity index (χ2v) is 6.67. The molecule has 3 aromatic rings. The van der Waals surface area contributed by atoms with Crippen molar-refractivity contribution < 1.29 is 4.79 Å². The highest BCUT2D eigenvalue weighted by molar-refractivity contribution is 7.17. The molecule has 0 bridgehead atoms. The Morgan fingerprint density at radius 3 is 3.09 bits per heavy atom. The third-order valence-electron chi connectivity index (χ3n) is 4.37. The number of amides is 1. The van der Waals surface area contributed by atoms with E-state index in [1.807, 2.05) is 46.3 Å². The fraction of sp³-hybridized carbons (Fsp3) is 0.294. The summed E-state index contributed by atoms with van der Waals surface area (Å²) in [6, 6.07) is 8.05. The summed E-state index contributed by atoms with van der Waals surface area (Å²) in [4.78, 5) is 19.6. The van der Waals surface area contributed by atoms with Crippen molar-refractivity contribution in [2.75, 3.05) is 19.6 Å². The number of hydrogen-bond acceptors (Lipinski definition) is 4. The van der Waals surface area contributed by atoms with E-state index in [0.717, 1.165) is 34.6 Å². The third-order valence-corrected chi connectivity index (χ3v) is 5.34. The number of benzene rings is 1. The molecule has 0 aliphatic carbocycles. The molecule has 1 aliphatic rings. The Labute approximate surface area is 138 Å². The predicted octanol–water partition coefficient (Wildman–Crippen LogP) is 2.42. The van der Waals surface area contributed by atoms with Gasteiger partial charge in [0, 0.05) is 54.5 Å². The van der Waals surface area contributed by atoms with Gasteiger partial charge in [-0.15, -0.1) is 11.3 Å². The Bertz CT molecular complexity index is 853. The number of aryl methyl sites for hydroxylation is 1. The number of hydrogen-bond donors (Lipinski definition) is 1. The summed E-state index contributed by atoms with van der Waals surface area (Å²) in [6.07, 6.45) is 3.71. The standard InChI is InChI=1S/C17H18N4OS/c1-20-8-7-19-16(20)14-10-18-6-9-21(14)17(22)13-11-23-15-5-3-2-4-12(13)15/h2-5,7-8,11,14,18H,6,9-10H2,1H3. The molecule has 5 nitrogen and oxygen atoms in total. The van der Waals surface area contributed by atoms with Gasteiger partial charge in [-0.25, -0.2) is 4.98 Å². The zero-order valence-corrected chi connectivity index (χ0v) is 13.7. The first-order chi connectivity index (χ1) is 11.3. The summed E-state index contributed by atoms with van der Waals surface area (Å²) in [5.41, 5.74) is 0.798. The summed E-state index contributed by atoms with van der Waals surface area (Å²) in [5, 5.41) is 6.39. The normalized spacial score (nSPS) is 18.5. The van der Waals surface area contributed by atoms with E-state index in [4.69, 9.17) is 0 Å². The van der Waals surface area contributed by atoms with Gasteiger partial charge in [0.25, 0.3) is 5.91 Å². The molecule has 1 N–H and O–H groups in total. The molecule has 0 spiro atoms. The Balaban J connectivity index is 1.72. The van der Waals surface area contributed by atoms with Crippen molar-refractivity contribution in [1.29, 1.82) is 0 Å². The van der Waals surface area contributed by atoms with Crippen LogP contribution in [0.25, 0.3) is 10.1 Å². The van der Waals surface area contributed by atoms with Crippen molar-refractivity contribution in [3.05, 3.63) is 53.4 Å². The van der Waals surface area contributed by atoms with Crippen LogP contribution in [0.5, 0.6) is 0 Å². The molecule has 3 heterocycles. The van der Waals surface area contributed by atoms with E-state index in [1.54, 1.807) is 17.5 Å². The van der Waals surface area contributed by atoms with Crippen molar-refractivity contribution in [3.8, 4) is 0 Å². The van der Waals surface area contributed by atoms with Crippen LogP contribution in [0.2, 0.25) is 0 Å². The number of imidazole rings is 1. The molecular formula is C17H18N4OS. The van der Waals surface area contributed by atoms with Gasteiger partial charge in [-0.1, -0.05) is 18.2 Å². The quantitative estimate of drug-likeness (QED) is 0.787. The van der Waals surface area contributed by atoms with Crippen LogP contribution in [-0.2, 0) is 7.05 Å². The number of thiophene rings is 1. The minimum absolute atomic E-state index is 0.0325. The molecule has 1 atom stereocenters. The number of piperazine rings is 1. The molecule has 1 amide bonds. The van der Waals surface area contributed by atoms with Gasteiger partial charge in [-0.05, 0) is 6.07 Å². The van der Waals surface area contributed by atoms with Crippen LogP contribution in [0.4, 0.5) is 0 Å². The summed E-state index contributed by atoms with van der Waals surface area (Å²) in [5.74, 6) is 1.02. The zero-order chi connectivity index (χ0) is 15.8. The van der Waals surface area contributed by atoms with Crippen LogP contribution in [0.15, 0.2) is 42.0 Å². The Kier molecular flexibility index (Phi) is 3.63. The molecule has 6 heteroatoms. The number of fused-ring (bicyclic) bond motifs is 1. The molecule has 1 saturated heterocycles. The van der Waals surface area contributed by atoms with E-state index in [-0.39, 0.29) is 11.9 Å². The van der Waals surface area contributed by atoms with Crippen LogP contribution in [-0.4, -0.2) is 40.0 Å².